The van der Waals surface area contributed by atoms with E-state index in [9.17, 15) is 0 Å². The lowest BCUT2D eigenvalue weighted by Gasteiger charge is -2.22. The van der Waals surface area contributed by atoms with Crippen molar-refractivity contribution in [3.05, 3.63) is 34.9 Å². The summed E-state index contributed by atoms with van der Waals surface area (Å²) >= 11 is 0. The first kappa shape index (κ1) is 12.3. The molecule has 0 fully saturated rings. The summed E-state index contributed by atoms with van der Waals surface area (Å²) in [5, 5.41) is 7.00. The second kappa shape index (κ2) is 4.80. The Balaban J connectivity index is 0.000000531. The molecule has 2 rings (SSSR count). The van der Waals surface area contributed by atoms with Crippen molar-refractivity contribution < 1.29 is 5.11 Å². The van der Waals surface area contributed by atoms with E-state index in [0.717, 1.165) is 7.11 Å². The van der Waals surface area contributed by atoms with E-state index >= 15 is 0 Å². The normalized spacial score (nSPS) is 14.2. The van der Waals surface area contributed by atoms with Gasteiger partial charge in [0.05, 0.1) is 0 Å². The van der Waals surface area contributed by atoms with Crippen molar-refractivity contribution in [2.24, 2.45) is 0 Å². The molecule has 0 aromatic heterocycles. The molecule has 0 unspecified atom stereocenters. The van der Waals surface area contributed by atoms with Gasteiger partial charge in [-0.25, -0.2) is 0 Å². The standard InChI is InChI=1S/C13H18.CH4O/c1-13(2,3)12-9-5-7-10-6-4-8-11(10)12;1-2/h5,7,9H,4,6,8H2,1-3H3;2H,1H3. The van der Waals surface area contributed by atoms with Gasteiger partial charge in [-0.05, 0) is 41.4 Å². The number of hydrogen-bond donors (Lipinski definition) is 1. The van der Waals surface area contributed by atoms with Crippen molar-refractivity contribution in [1.29, 1.82) is 0 Å². The largest absolute Gasteiger partial charge is 0.400 e. The van der Waals surface area contributed by atoms with E-state index in [1.54, 1.807) is 16.7 Å². The lowest BCUT2D eigenvalue weighted by atomic mass is 9.83. The Bertz CT molecular complexity index is 321. The average Bonchev–Trinajstić information content (AvgIpc) is 2.66. The van der Waals surface area contributed by atoms with Crippen LogP contribution in [-0.4, -0.2) is 12.2 Å². The van der Waals surface area contributed by atoms with E-state index in [4.69, 9.17) is 5.11 Å². The van der Waals surface area contributed by atoms with Crippen molar-refractivity contribution in [2.75, 3.05) is 7.11 Å². The predicted octanol–water partition coefficient (Wildman–Crippen LogP) is 3.08. The molecule has 0 amide bonds. The maximum atomic E-state index is 7.00. The second-order valence-corrected chi connectivity index (χ2v) is 5.05. The van der Waals surface area contributed by atoms with Crippen LogP contribution in [0.1, 0.15) is 43.9 Å². The minimum absolute atomic E-state index is 0.315. The van der Waals surface area contributed by atoms with Gasteiger partial charge in [0.1, 0.15) is 0 Å². The fraction of sp³-hybridized carbons (Fsp3) is 0.571. The van der Waals surface area contributed by atoms with Gasteiger partial charge >= 0.3 is 0 Å². The molecule has 1 N–H and O–H groups in total. The smallest absolute Gasteiger partial charge is 0.0319 e. The molecule has 1 aromatic rings. The minimum Gasteiger partial charge on any atom is -0.400 e. The lowest BCUT2D eigenvalue weighted by Crippen LogP contribution is -2.13. The number of hydrogen-bond acceptors (Lipinski definition) is 1. The van der Waals surface area contributed by atoms with Crippen LogP contribution in [0.5, 0.6) is 0 Å². The van der Waals surface area contributed by atoms with Crippen LogP contribution in [0, 0.1) is 0 Å². The Hall–Kier alpha value is -0.820. The maximum Gasteiger partial charge on any atom is 0.0319 e. The Morgan fingerprint density at radius 2 is 1.73 bits per heavy atom. The van der Waals surface area contributed by atoms with E-state index < -0.39 is 0 Å². The first-order chi connectivity index (χ1) is 7.09. The van der Waals surface area contributed by atoms with Crippen molar-refractivity contribution in [3.63, 3.8) is 0 Å². The fourth-order valence-corrected chi connectivity index (χ4v) is 2.32. The molecule has 1 aliphatic carbocycles. The number of benzene rings is 1. The van der Waals surface area contributed by atoms with Crippen LogP contribution in [0.2, 0.25) is 0 Å². The highest BCUT2D eigenvalue weighted by molar-refractivity contribution is 5.41. The van der Waals surface area contributed by atoms with E-state index in [1.807, 2.05) is 0 Å². The summed E-state index contributed by atoms with van der Waals surface area (Å²) in [7, 11) is 1.00. The summed E-state index contributed by atoms with van der Waals surface area (Å²) in [5.41, 5.74) is 5.10. The highest BCUT2D eigenvalue weighted by atomic mass is 16.2. The molecule has 0 saturated carbocycles. The SMILES string of the molecule is CC(C)(C)c1cccc2c1CCC2.CO. The molecule has 0 heterocycles. The molecule has 1 nitrogen and oxygen atoms in total. The zero-order valence-electron chi connectivity index (χ0n) is 10.3. The van der Waals surface area contributed by atoms with E-state index in [-0.39, 0.29) is 0 Å². The van der Waals surface area contributed by atoms with Crippen molar-refractivity contribution in [1.82, 2.24) is 0 Å². The Labute approximate surface area is 93.1 Å². The summed E-state index contributed by atoms with van der Waals surface area (Å²) in [6, 6.07) is 6.80. The quantitative estimate of drug-likeness (QED) is 0.691. The second-order valence-electron chi connectivity index (χ2n) is 5.05. The first-order valence-corrected chi connectivity index (χ1v) is 5.65. The molecule has 1 heteroatoms. The third-order valence-corrected chi connectivity index (χ3v) is 2.95. The van der Waals surface area contributed by atoms with Crippen LogP contribution in [-0.2, 0) is 18.3 Å². The van der Waals surface area contributed by atoms with Crippen LogP contribution >= 0.6 is 0 Å². The van der Waals surface area contributed by atoms with Gasteiger partial charge in [0.2, 0.25) is 0 Å². The van der Waals surface area contributed by atoms with E-state index in [1.165, 1.54) is 19.3 Å². The molecule has 0 radical (unpaired) electrons. The van der Waals surface area contributed by atoms with Crippen LogP contribution in [0.25, 0.3) is 0 Å². The summed E-state index contributed by atoms with van der Waals surface area (Å²) in [5.74, 6) is 0. The highest BCUT2D eigenvalue weighted by Gasteiger charge is 2.21. The molecule has 15 heavy (non-hydrogen) atoms. The minimum atomic E-state index is 0.315. The molecule has 0 atom stereocenters. The zero-order valence-corrected chi connectivity index (χ0v) is 10.3. The van der Waals surface area contributed by atoms with Crippen LogP contribution in [0.15, 0.2) is 18.2 Å². The van der Waals surface area contributed by atoms with Gasteiger partial charge < -0.3 is 5.11 Å². The molecular formula is C14H22O. The Kier molecular flexibility index (Phi) is 3.92. The molecule has 0 saturated heterocycles. The number of fused-ring (bicyclic) bond motifs is 1. The maximum absolute atomic E-state index is 7.00. The number of aliphatic hydroxyl groups is 1. The monoisotopic (exact) mass is 206 g/mol. The van der Waals surface area contributed by atoms with Gasteiger partial charge in [0.25, 0.3) is 0 Å². The Morgan fingerprint density at radius 3 is 2.33 bits per heavy atom. The third kappa shape index (κ3) is 2.60. The Morgan fingerprint density at radius 1 is 1.07 bits per heavy atom. The molecule has 84 valence electrons. The van der Waals surface area contributed by atoms with Crippen molar-refractivity contribution in [2.45, 2.75) is 45.4 Å². The van der Waals surface area contributed by atoms with E-state index in [0.29, 0.717) is 5.41 Å². The van der Waals surface area contributed by atoms with Crippen molar-refractivity contribution in [3.8, 4) is 0 Å². The molecule has 1 aliphatic rings. The summed E-state index contributed by atoms with van der Waals surface area (Å²) < 4.78 is 0. The molecule has 0 bridgehead atoms. The first-order valence-electron chi connectivity index (χ1n) is 5.65. The number of aliphatic hydroxyl groups excluding tert-OH is 1. The van der Waals surface area contributed by atoms with Gasteiger partial charge in [-0.3, -0.25) is 0 Å². The third-order valence-electron chi connectivity index (χ3n) is 2.95. The highest BCUT2D eigenvalue weighted by Crippen LogP contribution is 2.32. The van der Waals surface area contributed by atoms with Gasteiger partial charge in [-0.2, -0.15) is 0 Å². The zero-order chi connectivity index (χ0) is 11.5. The van der Waals surface area contributed by atoms with Gasteiger partial charge in [-0.1, -0.05) is 39.0 Å². The molecule has 0 aliphatic heterocycles. The van der Waals surface area contributed by atoms with Gasteiger partial charge in [-0.15, -0.1) is 0 Å². The summed E-state index contributed by atoms with van der Waals surface area (Å²) in [6.45, 7) is 6.92. The van der Waals surface area contributed by atoms with Crippen LogP contribution < -0.4 is 0 Å². The number of rotatable bonds is 0. The van der Waals surface area contributed by atoms with E-state index in [2.05, 4.69) is 39.0 Å². The molecular weight excluding hydrogens is 184 g/mol. The summed E-state index contributed by atoms with van der Waals surface area (Å²) in [4.78, 5) is 0. The molecule has 0 spiro atoms. The predicted molar refractivity (Wildman–Crippen MR) is 65.3 cm³/mol. The topological polar surface area (TPSA) is 20.2 Å². The van der Waals surface area contributed by atoms with Gasteiger partial charge in [0, 0.05) is 7.11 Å². The van der Waals surface area contributed by atoms with Crippen molar-refractivity contribution >= 4 is 0 Å². The number of aryl methyl sites for hydroxylation is 1. The summed E-state index contributed by atoms with van der Waals surface area (Å²) in [6.07, 6.45) is 3.93. The fourth-order valence-electron chi connectivity index (χ4n) is 2.32. The van der Waals surface area contributed by atoms with Crippen LogP contribution in [0.4, 0.5) is 0 Å². The average molecular weight is 206 g/mol. The molecule has 1 aromatic carbocycles. The van der Waals surface area contributed by atoms with Crippen LogP contribution in [0.3, 0.4) is 0 Å². The van der Waals surface area contributed by atoms with Gasteiger partial charge in [0.15, 0.2) is 0 Å². The lowest BCUT2D eigenvalue weighted by molar-refractivity contribution is 0.399.